The Bertz CT molecular complexity index is 566. The van der Waals surface area contributed by atoms with Gasteiger partial charge in [0.1, 0.15) is 11.7 Å². The first-order chi connectivity index (χ1) is 10.0. The van der Waals surface area contributed by atoms with Gasteiger partial charge in [-0.1, -0.05) is 29.8 Å². The maximum Gasteiger partial charge on any atom is 0.244 e. The van der Waals surface area contributed by atoms with E-state index >= 15 is 0 Å². The second-order valence-electron chi connectivity index (χ2n) is 6.17. The maximum absolute atomic E-state index is 12.6. The summed E-state index contributed by atoms with van der Waals surface area (Å²) >= 11 is 0. The van der Waals surface area contributed by atoms with Gasteiger partial charge in [0.05, 0.1) is 0 Å². The van der Waals surface area contributed by atoms with Gasteiger partial charge in [0.2, 0.25) is 5.91 Å². The number of hydrogen-bond donors (Lipinski definition) is 1. The number of rotatable bonds is 5. The predicted molar refractivity (Wildman–Crippen MR) is 84.3 cm³/mol. The van der Waals surface area contributed by atoms with Gasteiger partial charge in [0.25, 0.3) is 0 Å². The molecule has 2 unspecified atom stereocenters. The molecule has 5 heteroatoms. The lowest BCUT2D eigenvalue weighted by molar-refractivity contribution is -0.130. The molecule has 21 heavy (non-hydrogen) atoms. The molecule has 1 amide bonds. The van der Waals surface area contributed by atoms with Gasteiger partial charge < -0.3 is 4.90 Å². The van der Waals surface area contributed by atoms with Gasteiger partial charge in [-0.25, -0.2) is 0 Å². The highest BCUT2D eigenvalue weighted by molar-refractivity contribution is 7.84. The van der Waals surface area contributed by atoms with Crippen LogP contribution < -0.4 is 5.32 Å². The molecule has 0 radical (unpaired) electrons. The molecule has 1 saturated heterocycles. The van der Waals surface area contributed by atoms with Crippen molar-refractivity contribution in [3.63, 3.8) is 0 Å². The van der Waals surface area contributed by atoms with Crippen LogP contribution in [0.15, 0.2) is 24.3 Å². The Labute approximate surface area is 128 Å². The Morgan fingerprint density at radius 3 is 2.57 bits per heavy atom. The number of aryl methyl sites for hydroxylation is 1. The van der Waals surface area contributed by atoms with Crippen molar-refractivity contribution in [2.45, 2.75) is 37.9 Å². The zero-order valence-corrected chi connectivity index (χ0v) is 13.4. The molecule has 1 aromatic rings. The van der Waals surface area contributed by atoms with E-state index in [-0.39, 0.29) is 17.6 Å². The smallest absolute Gasteiger partial charge is 0.244 e. The number of hydrogen-bond acceptors (Lipinski definition) is 3. The first kappa shape index (κ1) is 14.7. The van der Waals surface area contributed by atoms with Crippen LogP contribution in [0.3, 0.4) is 0 Å². The molecule has 0 aromatic heterocycles. The highest BCUT2D eigenvalue weighted by Gasteiger charge is 2.59. The predicted octanol–water partition coefficient (Wildman–Crippen LogP) is 1.73. The fraction of sp³-hybridized carbons (Fsp3) is 0.562. The van der Waals surface area contributed by atoms with Gasteiger partial charge in [-0.2, -0.15) is 0 Å². The first-order valence-electron chi connectivity index (χ1n) is 7.47. The zero-order chi connectivity index (χ0) is 15.0. The monoisotopic (exact) mass is 306 g/mol. The summed E-state index contributed by atoms with van der Waals surface area (Å²) in [6.45, 7) is 2.74. The third-order valence-electron chi connectivity index (χ3n) is 4.37. The number of benzene rings is 1. The van der Waals surface area contributed by atoms with Gasteiger partial charge >= 0.3 is 0 Å². The summed E-state index contributed by atoms with van der Waals surface area (Å²) in [4.78, 5) is 14.5. The number of carbonyl (C=O) groups is 1. The molecule has 2 fully saturated rings. The fourth-order valence-corrected chi connectivity index (χ4v) is 3.49. The molecular formula is C16H22N2O2S. The van der Waals surface area contributed by atoms with Crippen LogP contribution in [0.4, 0.5) is 0 Å². The molecule has 1 aliphatic carbocycles. The van der Waals surface area contributed by atoms with Crippen LogP contribution in [0, 0.1) is 6.92 Å². The molecule has 1 heterocycles. The van der Waals surface area contributed by atoms with E-state index in [1.165, 1.54) is 5.56 Å². The Morgan fingerprint density at radius 2 is 2.00 bits per heavy atom. The van der Waals surface area contributed by atoms with Crippen LogP contribution in [-0.2, 0) is 15.6 Å². The van der Waals surface area contributed by atoms with Crippen LogP contribution in [0.25, 0.3) is 0 Å². The van der Waals surface area contributed by atoms with E-state index in [2.05, 4.69) is 36.5 Å². The molecule has 2 atom stereocenters. The van der Waals surface area contributed by atoms with Crippen molar-refractivity contribution in [1.29, 1.82) is 0 Å². The quantitative estimate of drug-likeness (QED) is 0.901. The van der Waals surface area contributed by atoms with Crippen molar-refractivity contribution in [1.82, 2.24) is 10.2 Å². The van der Waals surface area contributed by atoms with E-state index in [0.29, 0.717) is 12.3 Å². The molecule has 0 bridgehead atoms. The highest BCUT2D eigenvalue weighted by Crippen LogP contribution is 2.45. The minimum absolute atomic E-state index is 0.0362. The number of amides is 1. The summed E-state index contributed by atoms with van der Waals surface area (Å²) in [7, 11) is -0.798. The molecule has 1 spiro atoms. The highest BCUT2D eigenvalue weighted by atomic mass is 32.2. The molecule has 1 N–H and O–H groups in total. The van der Waals surface area contributed by atoms with Crippen molar-refractivity contribution in [2.75, 3.05) is 18.6 Å². The lowest BCUT2D eigenvalue weighted by atomic mass is 10.1. The summed E-state index contributed by atoms with van der Waals surface area (Å²) in [6.07, 6.45) is 4.33. The van der Waals surface area contributed by atoms with Crippen molar-refractivity contribution in [2.24, 2.45) is 0 Å². The van der Waals surface area contributed by atoms with E-state index in [4.69, 9.17) is 0 Å². The van der Waals surface area contributed by atoms with Gasteiger partial charge in [-0.15, -0.1) is 0 Å². The van der Waals surface area contributed by atoms with Crippen LogP contribution in [0.1, 0.15) is 36.6 Å². The van der Waals surface area contributed by atoms with Crippen molar-refractivity contribution in [3.05, 3.63) is 35.4 Å². The van der Waals surface area contributed by atoms with Crippen LogP contribution in [0.5, 0.6) is 0 Å². The maximum atomic E-state index is 12.6. The van der Waals surface area contributed by atoms with E-state index < -0.39 is 10.8 Å². The van der Waals surface area contributed by atoms with Crippen molar-refractivity contribution in [3.8, 4) is 0 Å². The van der Waals surface area contributed by atoms with Gasteiger partial charge in [0.15, 0.2) is 0 Å². The fourth-order valence-electron chi connectivity index (χ4n) is 2.96. The van der Waals surface area contributed by atoms with Gasteiger partial charge in [-0.05, 0) is 31.7 Å². The minimum atomic E-state index is -0.798. The summed E-state index contributed by atoms with van der Waals surface area (Å²) in [5, 5.41) is 3.52. The van der Waals surface area contributed by atoms with E-state index in [1.54, 1.807) is 6.26 Å². The Morgan fingerprint density at radius 1 is 1.33 bits per heavy atom. The van der Waals surface area contributed by atoms with E-state index in [9.17, 15) is 9.00 Å². The molecule has 4 nitrogen and oxygen atoms in total. The standard InChI is InChI=1S/C16H22N2O2S/c1-12-4-6-13(7-5-12)14-17-16(8-9-16)15(19)18(14)10-3-11-21(2)20/h4-7,14,17H,3,8-11H2,1-2H3. The molecule has 1 saturated carbocycles. The van der Waals surface area contributed by atoms with E-state index in [1.807, 2.05) is 4.90 Å². The second kappa shape index (κ2) is 5.54. The average molecular weight is 306 g/mol. The number of nitrogens with one attached hydrogen (secondary N) is 1. The third-order valence-corrected chi connectivity index (χ3v) is 5.23. The molecular weight excluding hydrogens is 284 g/mol. The van der Waals surface area contributed by atoms with Crippen molar-refractivity contribution < 1.29 is 9.00 Å². The zero-order valence-electron chi connectivity index (χ0n) is 12.6. The summed E-state index contributed by atoms with van der Waals surface area (Å²) in [5.41, 5.74) is 2.05. The topological polar surface area (TPSA) is 49.4 Å². The summed E-state index contributed by atoms with van der Waals surface area (Å²) in [5.74, 6) is 0.868. The van der Waals surface area contributed by atoms with Crippen LogP contribution in [-0.4, -0.2) is 39.1 Å². The Hall–Kier alpha value is -1.20. The minimum Gasteiger partial charge on any atom is -0.321 e. The normalized spacial score (nSPS) is 24.6. The molecule has 2 aliphatic rings. The van der Waals surface area contributed by atoms with Gasteiger partial charge in [0, 0.05) is 29.4 Å². The van der Waals surface area contributed by atoms with Gasteiger partial charge in [-0.3, -0.25) is 14.3 Å². The molecule has 1 aliphatic heterocycles. The molecule has 114 valence electrons. The molecule has 3 rings (SSSR count). The largest absolute Gasteiger partial charge is 0.321 e. The SMILES string of the molecule is Cc1ccc(C2NC3(CC3)C(=O)N2CCCS(C)=O)cc1. The number of carbonyl (C=O) groups excluding carboxylic acids is 1. The first-order valence-corrected chi connectivity index (χ1v) is 9.20. The van der Waals surface area contributed by atoms with Crippen LogP contribution in [0.2, 0.25) is 0 Å². The summed E-state index contributed by atoms with van der Waals surface area (Å²) < 4.78 is 11.2. The average Bonchev–Trinajstić information content (AvgIpc) is 3.17. The number of nitrogens with zero attached hydrogens (tertiary/aromatic N) is 1. The molecule has 1 aromatic carbocycles. The Balaban J connectivity index is 1.77. The van der Waals surface area contributed by atoms with E-state index in [0.717, 1.165) is 24.8 Å². The third kappa shape index (κ3) is 2.90. The van der Waals surface area contributed by atoms with Crippen LogP contribution >= 0.6 is 0 Å². The summed E-state index contributed by atoms with van der Waals surface area (Å²) in [6, 6.07) is 8.34. The lowest BCUT2D eigenvalue weighted by Gasteiger charge is -2.24. The second-order valence-corrected chi connectivity index (χ2v) is 7.72. The Kier molecular flexibility index (Phi) is 3.88. The van der Waals surface area contributed by atoms with Crippen molar-refractivity contribution >= 4 is 16.7 Å². The lowest BCUT2D eigenvalue weighted by Crippen LogP contribution is -2.33.